The summed E-state index contributed by atoms with van der Waals surface area (Å²) in [7, 11) is 0. The minimum atomic E-state index is -0.702. The van der Waals surface area contributed by atoms with Crippen molar-refractivity contribution in [2.24, 2.45) is 11.3 Å². The van der Waals surface area contributed by atoms with Crippen LogP contribution < -0.4 is 0 Å². The van der Waals surface area contributed by atoms with E-state index in [-0.39, 0.29) is 36.0 Å². The van der Waals surface area contributed by atoms with Crippen molar-refractivity contribution in [3.05, 3.63) is 0 Å². The summed E-state index contributed by atoms with van der Waals surface area (Å²) >= 11 is 0. The van der Waals surface area contributed by atoms with Crippen molar-refractivity contribution in [2.75, 3.05) is 26.2 Å². The van der Waals surface area contributed by atoms with Gasteiger partial charge in [-0.2, -0.15) is 0 Å². The molecule has 0 bridgehead atoms. The number of likely N-dealkylation sites (tertiary alicyclic amines) is 1. The van der Waals surface area contributed by atoms with Crippen LogP contribution in [0.3, 0.4) is 0 Å². The lowest BCUT2D eigenvalue weighted by atomic mass is 9.90. The highest BCUT2D eigenvalue weighted by atomic mass is 16.4. The fourth-order valence-corrected chi connectivity index (χ4v) is 3.88. The van der Waals surface area contributed by atoms with Gasteiger partial charge in [-0.05, 0) is 37.5 Å². The molecular formula is C18H30N2O4. The summed E-state index contributed by atoms with van der Waals surface area (Å²) in [6.07, 6.45) is 4.71. The summed E-state index contributed by atoms with van der Waals surface area (Å²) in [5.74, 6) is -0.826. The van der Waals surface area contributed by atoms with E-state index in [0.717, 1.165) is 45.2 Å². The maximum Gasteiger partial charge on any atom is 0.307 e. The van der Waals surface area contributed by atoms with E-state index >= 15 is 0 Å². The Kier molecular flexibility index (Phi) is 6.24. The molecule has 1 N–H and O–H groups in total. The molecular weight excluding hydrogens is 308 g/mol. The standard InChI is InChI=1S/C18H30N2O4/c1-3-9-19(10-4-2)15(21)5-6-16(22)20-11-7-18(8-12-20)13-14(18)17(23)24/h14H,3-13H2,1-2H3,(H,23,24). The summed E-state index contributed by atoms with van der Waals surface area (Å²) in [5.41, 5.74) is -0.0581. The third-order valence-electron chi connectivity index (χ3n) is 5.49. The van der Waals surface area contributed by atoms with Crippen LogP contribution in [-0.4, -0.2) is 58.9 Å². The first-order chi connectivity index (χ1) is 11.4. The smallest absolute Gasteiger partial charge is 0.307 e. The van der Waals surface area contributed by atoms with Gasteiger partial charge in [-0.25, -0.2) is 0 Å². The maximum absolute atomic E-state index is 12.3. The Balaban J connectivity index is 1.74. The molecule has 1 heterocycles. The second kappa shape index (κ2) is 7.99. The average molecular weight is 338 g/mol. The molecule has 2 amide bonds. The van der Waals surface area contributed by atoms with Crippen molar-refractivity contribution in [1.29, 1.82) is 0 Å². The van der Waals surface area contributed by atoms with Crippen LogP contribution in [0, 0.1) is 11.3 Å². The molecule has 0 radical (unpaired) electrons. The van der Waals surface area contributed by atoms with Crippen LogP contribution in [0.25, 0.3) is 0 Å². The first kappa shape index (κ1) is 18.7. The molecule has 6 heteroatoms. The number of piperidine rings is 1. The van der Waals surface area contributed by atoms with Crippen LogP contribution >= 0.6 is 0 Å². The van der Waals surface area contributed by atoms with Crippen molar-refractivity contribution in [3.8, 4) is 0 Å². The molecule has 1 atom stereocenters. The van der Waals surface area contributed by atoms with Gasteiger partial charge in [0.1, 0.15) is 0 Å². The Morgan fingerprint density at radius 1 is 1.08 bits per heavy atom. The van der Waals surface area contributed by atoms with E-state index < -0.39 is 5.97 Å². The van der Waals surface area contributed by atoms with Gasteiger partial charge in [-0.3, -0.25) is 14.4 Å². The number of carbonyl (C=O) groups is 3. The highest BCUT2D eigenvalue weighted by molar-refractivity contribution is 5.84. The number of aliphatic carboxylic acids is 1. The van der Waals surface area contributed by atoms with E-state index in [0.29, 0.717) is 13.1 Å². The molecule has 1 unspecified atom stereocenters. The van der Waals surface area contributed by atoms with Gasteiger partial charge in [-0.15, -0.1) is 0 Å². The zero-order valence-corrected chi connectivity index (χ0v) is 14.9. The van der Waals surface area contributed by atoms with Crippen molar-refractivity contribution in [1.82, 2.24) is 9.80 Å². The lowest BCUT2D eigenvalue weighted by Crippen LogP contribution is -2.40. The number of hydrogen-bond donors (Lipinski definition) is 1. The predicted molar refractivity (Wildman–Crippen MR) is 90.4 cm³/mol. The van der Waals surface area contributed by atoms with Crippen LogP contribution in [-0.2, 0) is 14.4 Å². The summed E-state index contributed by atoms with van der Waals surface area (Å²) in [5, 5.41) is 9.11. The molecule has 136 valence electrons. The molecule has 2 rings (SSSR count). The largest absolute Gasteiger partial charge is 0.481 e. The minimum absolute atomic E-state index is 0.0265. The number of hydrogen-bond acceptors (Lipinski definition) is 3. The van der Waals surface area contributed by atoms with E-state index in [1.807, 2.05) is 18.7 Å². The molecule has 1 aliphatic heterocycles. The minimum Gasteiger partial charge on any atom is -0.481 e. The van der Waals surface area contributed by atoms with Crippen LogP contribution in [0.2, 0.25) is 0 Å². The van der Waals surface area contributed by atoms with Crippen LogP contribution in [0.5, 0.6) is 0 Å². The quantitative estimate of drug-likeness (QED) is 0.735. The van der Waals surface area contributed by atoms with Gasteiger partial charge in [-0.1, -0.05) is 13.8 Å². The number of amides is 2. The topological polar surface area (TPSA) is 77.9 Å². The Hall–Kier alpha value is -1.59. The van der Waals surface area contributed by atoms with Gasteiger partial charge in [0.05, 0.1) is 5.92 Å². The number of carbonyl (C=O) groups excluding carboxylic acids is 2. The lowest BCUT2D eigenvalue weighted by Gasteiger charge is -2.32. The Labute approximate surface area is 144 Å². The SMILES string of the molecule is CCCN(CCC)C(=O)CCC(=O)N1CCC2(CC1)CC2C(=O)O. The highest BCUT2D eigenvalue weighted by Crippen LogP contribution is 2.59. The van der Waals surface area contributed by atoms with Crippen molar-refractivity contribution < 1.29 is 19.5 Å². The van der Waals surface area contributed by atoms with Crippen LogP contribution in [0.15, 0.2) is 0 Å². The molecule has 2 fully saturated rings. The monoisotopic (exact) mass is 338 g/mol. The summed E-state index contributed by atoms with van der Waals surface area (Å²) in [6, 6.07) is 0. The second-order valence-corrected chi connectivity index (χ2v) is 7.22. The third-order valence-corrected chi connectivity index (χ3v) is 5.49. The molecule has 6 nitrogen and oxygen atoms in total. The molecule has 0 aromatic heterocycles. The van der Waals surface area contributed by atoms with Gasteiger partial charge in [0.2, 0.25) is 11.8 Å². The first-order valence-corrected chi connectivity index (χ1v) is 9.22. The number of carboxylic acids is 1. The highest BCUT2D eigenvalue weighted by Gasteiger charge is 2.59. The lowest BCUT2D eigenvalue weighted by molar-refractivity contribution is -0.140. The predicted octanol–water partition coefficient (Wildman–Crippen LogP) is 2.13. The molecule has 0 aromatic rings. The zero-order valence-electron chi connectivity index (χ0n) is 14.9. The zero-order chi connectivity index (χ0) is 17.7. The molecule has 1 saturated carbocycles. The van der Waals surface area contributed by atoms with Gasteiger partial charge in [0, 0.05) is 39.0 Å². The normalized spacial score (nSPS) is 21.6. The van der Waals surface area contributed by atoms with Crippen molar-refractivity contribution in [3.63, 3.8) is 0 Å². The molecule has 1 saturated heterocycles. The number of carboxylic acid groups (broad SMARTS) is 1. The van der Waals surface area contributed by atoms with E-state index in [1.165, 1.54) is 0 Å². The van der Waals surface area contributed by atoms with Gasteiger partial charge in [0.25, 0.3) is 0 Å². The molecule has 2 aliphatic rings. The van der Waals surface area contributed by atoms with Crippen LogP contribution in [0.4, 0.5) is 0 Å². The first-order valence-electron chi connectivity index (χ1n) is 9.22. The Morgan fingerprint density at radius 3 is 2.12 bits per heavy atom. The van der Waals surface area contributed by atoms with E-state index in [1.54, 1.807) is 4.90 Å². The van der Waals surface area contributed by atoms with E-state index in [4.69, 9.17) is 5.11 Å². The summed E-state index contributed by atoms with van der Waals surface area (Å²) in [4.78, 5) is 39.3. The maximum atomic E-state index is 12.3. The average Bonchev–Trinajstić information content (AvgIpc) is 3.26. The van der Waals surface area contributed by atoms with E-state index in [2.05, 4.69) is 0 Å². The fraction of sp³-hybridized carbons (Fsp3) is 0.833. The summed E-state index contributed by atoms with van der Waals surface area (Å²) < 4.78 is 0. The number of rotatable bonds is 8. The Morgan fingerprint density at radius 2 is 1.67 bits per heavy atom. The molecule has 1 spiro atoms. The summed E-state index contributed by atoms with van der Waals surface area (Å²) in [6.45, 7) is 6.86. The van der Waals surface area contributed by atoms with Gasteiger partial charge < -0.3 is 14.9 Å². The van der Waals surface area contributed by atoms with E-state index in [9.17, 15) is 14.4 Å². The van der Waals surface area contributed by atoms with Gasteiger partial charge >= 0.3 is 5.97 Å². The number of nitrogens with zero attached hydrogens (tertiary/aromatic N) is 2. The second-order valence-electron chi connectivity index (χ2n) is 7.22. The third kappa shape index (κ3) is 4.28. The Bertz CT molecular complexity index is 477. The van der Waals surface area contributed by atoms with Gasteiger partial charge in [0.15, 0.2) is 0 Å². The molecule has 1 aliphatic carbocycles. The fourth-order valence-electron chi connectivity index (χ4n) is 3.88. The molecule has 0 aromatic carbocycles. The van der Waals surface area contributed by atoms with Crippen molar-refractivity contribution in [2.45, 2.75) is 58.8 Å². The van der Waals surface area contributed by atoms with Crippen molar-refractivity contribution >= 4 is 17.8 Å². The molecule has 24 heavy (non-hydrogen) atoms. The van der Waals surface area contributed by atoms with Crippen LogP contribution in [0.1, 0.15) is 58.8 Å².